The zero-order valence-electron chi connectivity index (χ0n) is 13.2. The lowest BCUT2D eigenvalue weighted by atomic mass is 9.72. The van der Waals surface area contributed by atoms with Crippen molar-refractivity contribution in [1.29, 1.82) is 0 Å². The predicted molar refractivity (Wildman–Crippen MR) is 87.1 cm³/mol. The van der Waals surface area contributed by atoms with Gasteiger partial charge in [-0.1, -0.05) is 42.5 Å². The normalized spacial score (nSPS) is 24.6. The Kier molecular flexibility index (Phi) is 3.65. The molecule has 0 bridgehead atoms. The van der Waals surface area contributed by atoms with Gasteiger partial charge < -0.3 is 9.64 Å². The van der Waals surface area contributed by atoms with Crippen LogP contribution < -0.4 is 4.74 Å². The van der Waals surface area contributed by atoms with Crippen LogP contribution in [0.1, 0.15) is 24.5 Å². The second-order valence-corrected chi connectivity index (χ2v) is 5.97. The molecule has 1 saturated heterocycles. The topological polar surface area (TPSA) is 29.5 Å². The van der Waals surface area contributed by atoms with Gasteiger partial charge in [0.15, 0.2) is 0 Å². The SMILES string of the molecule is COc1ccc(C2(c3ccccc3)CC(C)N(C)C2=O)cc1. The summed E-state index contributed by atoms with van der Waals surface area (Å²) in [6, 6.07) is 18.2. The molecule has 3 heteroatoms. The zero-order chi connectivity index (χ0) is 15.7. The molecule has 3 rings (SSSR count). The van der Waals surface area contributed by atoms with Gasteiger partial charge in [-0.05, 0) is 36.6 Å². The standard InChI is InChI=1S/C19H21NO2/c1-14-13-19(18(21)20(14)2,15-7-5-4-6-8-15)16-9-11-17(22-3)12-10-16/h4-12,14H,13H2,1-3H3. The molecule has 1 amide bonds. The van der Waals surface area contributed by atoms with Crippen LogP contribution in [-0.4, -0.2) is 31.0 Å². The van der Waals surface area contributed by atoms with E-state index in [9.17, 15) is 4.79 Å². The van der Waals surface area contributed by atoms with Gasteiger partial charge in [0.2, 0.25) is 5.91 Å². The predicted octanol–water partition coefficient (Wildman–Crippen LogP) is 3.23. The van der Waals surface area contributed by atoms with Crippen molar-refractivity contribution in [2.45, 2.75) is 24.8 Å². The molecule has 1 aliphatic heterocycles. The highest BCUT2D eigenvalue weighted by molar-refractivity contribution is 5.94. The number of hydrogen-bond acceptors (Lipinski definition) is 2. The van der Waals surface area contributed by atoms with Gasteiger partial charge in [-0.15, -0.1) is 0 Å². The molecule has 1 heterocycles. The van der Waals surface area contributed by atoms with E-state index in [2.05, 4.69) is 6.92 Å². The molecule has 1 aliphatic rings. The van der Waals surface area contributed by atoms with E-state index >= 15 is 0 Å². The van der Waals surface area contributed by atoms with Gasteiger partial charge in [0.25, 0.3) is 0 Å². The van der Waals surface area contributed by atoms with Crippen LogP contribution in [-0.2, 0) is 10.2 Å². The fourth-order valence-electron chi connectivity index (χ4n) is 3.42. The number of methoxy groups -OCH3 is 1. The highest BCUT2D eigenvalue weighted by atomic mass is 16.5. The highest BCUT2D eigenvalue weighted by Crippen LogP contribution is 2.44. The maximum atomic E-state index is 13.1. The number of nitrogens with zero attached hydrogens (tertiary/aromatic N) is 1. The molecular weight excluding hydrogens is 274 g/mol. The molecule has 0 spiro atoms. The van der Waals surface area contributed by atoms with Crippen molar-refractivity contribution >= 4 is 5.91 Å². The molecule has 1 fully saturated rings. The van der Waals surface area contributed by atoms with Crippen molar-refractivity contribution in [2.24, 2.45) is 0 Å². The van der Waals surface area contributed by atoms with Gasteiger partial charge >= 0.3 is 0 Å². The molecule has 2 unspecified atom stereocenters. The highest BCUT2D eigenvalue weighted by Gasteiger charge is 2.51. The van der Waals surface area contributed by atoms with Gasteiger partial charge in [-0.3, -0.25) is 4.79 Å². The molecule has 114 valence electrons. The van der Waals surface area contributed by atoms with E-state index in [4.69, 9.17) is 4.74 Å². The Morgan fingerprint density at radius 1 is 1.05 bits per heavy atom. The van der Waals surface area contributed by atoms with Crippen molar-refractivity contribution in [2.75, 3.05) is 14.2 Å². The largest absolute Gasteiger partial charge is 0.497 e. The molecule has 3 nitrogen and oxygen atoms in total. The minimum atomic E-state index is -0.596. The average molecular weight is 295 g/mol. The molecule has 2 aromatic carbocycles. The summed E-state index contributed by atoms with van der Waals surface area (Å²) in [6.07, 6.45) is 0.790. The summed E-state index contributed by atoms with van der Waals surface area (Å²) in [5, 5.41) is 0. The fourth-order valence-corrected chi connectivity index (χ4v) is 3.42. The summed E-state index contributed by atoms with van der Waals surface area (Å²) >= 11 is 0. The Morgan fingerprint density at radius 2 is 1.64 bits per heavy atom. The molecule has 2 atom stereocenters. The Bertz CT molecular complexity index is 666. The summed E-state index contributed by atoms with van der Waals surface area (Å²) in [6.45, 7) is 2.10. The summed E-state index contributed by atoms with van der Waals surface area (Å²) in [5.74, 6) is 0.968. The van der Waals surface area contributed by atoms with Gasteiger partial charge in [0, 0.05) is 13.1 Å². The van der Waals surface area contributed by atoms with Crippen LogP contribution in [0.15, 0.2) is 54.6 Å². The minimum absolute atomic E-state index is 0.163. The van der Waals surface area contributed by atoms with E-state index in [0.29, 0.717) is 0 Å². The Labute approximate surface area is 131 Å². The number of ether oxygens (including phenoxy) is 1. The maximum Gasteiger partial charge on any atom is 0.237 e. The number of likely N-dealkylation sites (N-methyl/N-ethyl adjacent to an activating group) is 1. The first-order valence-corrected chi connectivity index (χ1v) is 7.57. The smallest absolute Gasteiger partial charge is 0.237 e. The maximum absolute atomic E-state index is 13.1. The van der Waals surface area contributed by atoms with Crippen molar-refractivity contribution < 1.29 is 9.53 Å². The Balaban J connectivity index is 2.17. The van der Waals surface area contributed by atoms with Crippen molar-refractivity contribution in [3.8, 4) is 5.75 Å². The van der Waals surface area contributed by atoms with E-state index in [-0.39, 0.29) is 11.9 Å². The molecule has 22 heavy (non-hydrogen) atoms. The van der Waals surface area contributed by atoms with Gasteiger partial charge in [-0.25, -0.2) is 0 Å². The van der Waals surface area contributed by atoms with Crippen LogP contribution in [0.3, 0.4) is 0 Å². The molecule has 0 saturated carbocycles. The van der Waals surface area contributed by atoms with Crippen LogP contribution in [0, 0.1) is 0 Å². The summed E-state index contributed by atoms with van der Waals surface area (Å²) in [4.78, 5) is 14.9. The van der Waals surface area contributed by atoms with E-state index in [1.54, 1.807) is 7.11 Å². The molecule has 0 radical (unpaired) electrons. The number of carbonyl (C=O) groups is 1. The Morgan fingerprint density at radius 3 is 2.14 bits per heavy atom. The van der Waals surface area contributed by atoms with E-state index in [0.717, 1.165) is 23.3 Å². The number of carbonyl (C=O) groups excluding carboxylic acids is 1. The van der Waals surface area contributed by atoms with Crippen LogP contribution in [0.5, 0.6) is 5.75 Å². The second kappa shape index (κ2) is 5.48. The Hall–Kier alpha value is -2.29. The van der Waals surface area contributed by atoms with Gasteiger partial charge in [-0.2, -0.15) is 0 Å². The first-order chi connectivity index (χ1) is 10.6. The van der Waals surface area contributed by atoms with Gasteiger partial charge in [0.05, 0.1) is 7.11 Å². The number of hydrogen-bond donors (Lipinski definition) is 0. The van der Waals surface area contributed by atoms with Crippen LogP contribution in [0.4, 0.5) is 0 Å². The van der Waals surface area contributed by atoms with Crippen LogP contribution in [0.2, 0.25) is 0 Å². The lowest BCUT2D eigenvalue weighted by Crippen LogP contribution is -2.37. The van der Waals surface area contributed by atoms with E-state index < -0.39 is 5.41 Å². The molecule has 0 aromatic heterocycles. The molecule has 0 N–H and O–H groups in total. The number of likely N-dealkylation sites (tertiary alicyclic amines) is 1. The minimum Gasteiger partial charge on any atom is -0.497 e. The third kappa shape index (κ3) is 2.08. The van der Waals surface area contributed by atoms with Gasteiger partial charge in [0.1, 0.15) is 11.2 Å². The fraction of sp³-hybridized carbons (Fsp3) is 0.316. The first-order valence-electron chi connectivity index (χ1n) is 7.57. The molecule has 2 aromatic rings. The lowest BCUT2D eigenvalue weighted by Gasteiger charge is -2.28. The second-order valence-electron chi connectivity index (χ2n) is 5.97. The van der Waals surface area contributed by atoms with Crippen LogP contribution in [0.25, 0.3) is 0 Å². The summed E-state index contributed by atoms with van der Waals surface area (Å²) in [7, 11) is 3.54. The quantitative estimate of drug-likeness (QED) is 0.870. The monoisotopic (exact) mass is 295 g/mol. The lowest BCUT2D eigenvalue weighted by molar-refractivity contribution is -0.130. The van der Waals surface area contributed by atoms with Crippen molar-refractivity contribution in [1.82, 2.24) is 4.90 Å². The first kappa shape index (κ1) is 14.6. The van der Waals surface area contributed by atoms with Crippen molar-refractivity contribution in [3.63, 3.8) is 0 Å². The zero-order valence-corrected chi connectivity index (χ0v) is 13.2. The number of rotatable bonds is 3. The molecule has 0 aliphatic carbocycles. The third-order valence-corrected chi connectivity index (χ3v) is 4.80. The third-order valence-electron chi connectivity index (χ3n) is 4.80. The van der Waals surface area contributed by atoms with Crippen LogP contribution >= 0.6 is 0 Å². The molecular formula is C19H21NO2. The number of benzene rings is 2. The van der Waals surface area contributed by atoms with Crippen molar-refractivity contribution in [3.05, 3.63) is 65.7 Å². The summed E-state index contributed by atoms with van der Waals surface area (Å²) in [5.41, 5.74) is 1.49. The van der Waals surface area contributed by atoms with E-state index in [1.165, 1.54) is 0 Å². The number of amides is 1. The summed E-state index contributed by atoms with van der Waals surface area (Å²) < 4.78 is 5.24. The average Bonchev–Trinajstić information content (AvgIpc) is 2.81. The van der Waals surface area contributed by atoms with E-state index in [1.807, 2.05) is 66.5 Å².